The predicted octanol–water partition coefficient (Wildman–Crippen LogP) is -0.453. The minimum Gasteiger partial charge on any atom is -0.458 e. The van der Waals surface area contributed by atoms with Crippen molar-refractivity contribution in [3.63, 3.8) is 0 Å². The first kappa shape index (κ1) is 13.9. The molecular formula is C11H20N2O4. The van der Waals surface area contributed by atoms with E-state index in [1.807, 2.05) is 13.8 Å². The van der Waals surface area contributed by atoms with Crippen LogP contribution in [-0.4, -0.2) is 36.7 Å². The predicted molar refractivity (Wildman–Crippen MR) is 60.9 cm³/mol. The standard InChI is InChI=1S/C11H20N2O4/c1-7(2)5-11(13,9(12)14)10(15)17-8-3-4-16-6-8/h7-8H,3-6,13H2,1-2H3,(H2,12,14)/t8-,11+/m0/s1. The second-order valence-electron chi connectivity index (χ2n) is 4.82. The molecule has 0 spiro atoms. The molecule has 1 amide bonds. The zero-order valence-electron chi connectivity index (χ0n) is 10.3. The summed E-state index contributed by atoms with van der Waals surface area (Å²) >= 11 is 0. The number of primary amides is 1. The third kappa shape index (κ3) is 3.41. The molecule has 0 aromatic carbocycles. The number of carbonyl (C=O) groups excluding carboxylic acids is 2. The molecule has 1 aliphatic heterocycles. The molecule has 1 saturated heterocycles. The fourth-order valence-electron chi connectivity index (χ4n) is 1.79. The largest absolute Gasteiger partial charge is 0.458 e. The average Bonchev–Trinajstić information content (AvgIpc) is 2.68. The third-order valence-corrected chi connectivity index (χ3v) is 2.70. The van der Waals surface area contributed by atoms with E-state index in [9.17, 15) is 9.59 Å². The Balaban J connectivity index is 2.68. The Bertz CT molecular complexity index is 300. The van der Waals surface area contributed by atoms with Crippen molar-refractivity contribution in [2.45, 2.75) is 38.3 Å². The molecule has 2 atom stereocenters. The molecule has 1 fully saturated rings. The summed E-state index contributed by atoms with van der Waals surface area (Å²) in [5.74, 6) is -1.54. The first-order valence-electron chi connectivity index (χ1n) is 5.74. The second-order valence-corrected chi connectivity index (χ2v) is 4.82. The van der Waals surface area contributed by atoms with Crippen LogP contribution < -0.4 is 11.5 Å². The van der Waals surface area contributed by atoms with E-state index >= 15 is 0 Å². The highest BCUT2D eigenvalue weighted by molar-refractivity contribution is 6.06. The number of hydrogen-bond donors (Lipinski definition) is 2. The number of carbonyl (C=O) groups is 2. The van der Waals surface area contributed by atoms with Crippen LogP contribution in [0.3, 0.4) is 0 Å². The Hall–Kier alpha value is -1.14. The van der Waals surface area contributed by atoms with Crippen molar-refractivity contribution in [2.75, 3.05) is 13.2 Å². The van der Waals surface area contributed by atoms with Gasteiger partial charge in [-0.05, 0) is 12.3 Å². The van der Waals surface area contributed by atoms with Gasteiger partial charge in [0.1, 0.15) is 6.10 Å². The van der Waals surface area contributed by atoms with Crippen LogP contribution in [0, 0.1) is 5.92 Å². The minimum absolute atomic E-state index is 0.0693. The zero-order chi connectivity index (χ0) is 13.1. The lowest BCUT2D eigenvalue weighted by atomic mass is 9.89. The fourth-order valence-corrected chi connectivity index (χ4v) is 1.79. The quantitative estimate of drug-likeness (QED) is 0.503. The Morgan fingerprint density at radius 1 is 1.53 bits per heavy atom. The molecule has 6 heteroatoms. The molecule has 1 heterocycles. The lowest BCUT2D eigenvalue weighted by Crippen LogP contribution is -2.60. The van der Waals surface area contributed by atoms with E-state index < -0.39 is 17.4 Å². The van der Waals surface area contributed by atoms with E-state index in [1.165, 1.54) is 0 Å². The number of esters is 1. The summed E-state index contributed by atoms with van der Waals surface area (Å²) < 4.78 is 10.2. The number of amides is 1. The highest BCUT2D eigenvalue weighted by Gasteiger charge is 2.43. The Morgan fingerprint density at radius 2 is 2.18 bits per heavy atom. The number of nitrogens with two attached hydrogens (primary N) is 2. The van der Waals surface area contributed by atoms with Gasteiger partial charge >= 0.3 is 5.97 Å². The van der Waals surface area contributed by atoms with Crippen molar-refractivity contribution < 1.29 is 19.1 Å². The van der Waals surface area contributed by atoms with Crippen LogP contribution in [0.5, 0.6) is 0 Å². The van der Waals surface area contributed by atoms with E-state index in [-0.39, 0.29) is 18.4 Å². The Kier molecular flexibility index (Phi) is 4.47. The molecule has 0 bridgehead atoms. The lowest BCUT2D eigenvalue weighted by molar-refractivity contribution is -0.159. The van der Waals surface area contributed by atoms with Crippen LogP contribution in [0.25, 0.3) is 0 Å². The van der Waals surface area contributed by atoms with Gasteiger partial charge in [-0.2, -0.15) is 0 Å². The first-order chi connectivity index (χ1) is 7.86. The van der Waals surface area contributed by atoms with Crippen LogP contribution in [0.15, 0.2) is 0 Å². The Morgan fingerprint density at radius 3 is 2.59 bits per heavy atom. The van der Waals surface area contributed by atoms with Crippen LogP contribution in [0.1, 0.15) is 26.7 Å². The molecule has 0 aromatic rings. The van der Waals surface area contributed by atoms with Gasteiger partial charge in [-0.1, -0.05) is 13.8 Å². The fraction of sp³-hybridized carbons (Fsp3) is 0.818. The average molecular weight is 244 g/mol. The topological polar surface area (TPSA) is 105 Å². The highest BCUT2D eigenvalue weighted by atomic mass is 16.6. The number of ether oxygens (including phenoxy) is 2. The maximum atomic E-state index is 11.9. The monoisotopic (exact) mass is 244 g/mol. The minimum atomic E-state index is -1.74. The van der Waals surface area contributed by atoms with Gasteiger partial charge in [0.2, 0.25) is 5.91 Å². The van der Waals surface area contributed by atoms with E-state index in [1.54, 1.807) is 0 Å². The highest BCUT2D eigenvalue weighted by Crippen LogP contribution is 2.18. The second kappa shape index (κ2) is 5.46. The van der Waals surface area contributed by atoms with Gasteiger partial charge in [0.15, 0.2) is 5.54 Å². The molecule has 0 radical (unpaired) electrons. The zero-order valence-corrected chi connectivity index (χ0v) is 10.3. The molecule has 1 aliphatic rings. The first-order valence-corrected chi connectivity index (χ1v) is 5.74. The van der Waals surface area contributed by atoms with Crippen molar-refractivity contribution in [2.24, 2.45) is 17.4 Å². The van der Waals surface area contributed by atoms with Crippen LogP contribution in [0.4, 0.5) is 0 Å². The van der Waals surface area contributed by atoms with Gasteiger partial charge in [0.25, 0.3) is 0 Å². The number of hydrogen-bond acceptors (Lipinski definition) is 5. The van der Waals surface area contributed by atoms with E-state index in [0.717, 1.165) is 0 Å². The van der Waals surface area contributed by atoms with Crippen molar-refractivity contribution in [3.05, 3.63) is 0 Å². The Labute approximate surface area is 101 Å². The van der Waals surface area contributed by atoms with Gasteiger partial charge in [-0.25, -0.2) is 4.79 Å². The normalized spacial score (nSPS) is 23.4. The molecule has 1 rings (SSSR count). The summed E-state index contributed by atoms with van der Waals surface area (Å²) in [6.07, 6.45) is 0.480. The van der Waals surface area contributed by atoms with Crippen LogP contribution in [-0.2, 0) is 19.1 Å². The van der Waals surface area contributed by atoms with Crippen molar-refractivity contribution >= 4 is 11.9 Å². The summed E-state index contributed by atoms with van der Waals surface area (Å²) in [5, 5.41) is 0. The summed E-state index contributed by atoms with van der Waals surface area (Å²) in [5.41, 5.74) is 9.23. The smallest absolute Gasteiger partial charge is 0.336 e. The van der Waals surface area contributed by atoms with Crippen LogP contribution in [0.2, 0.25) is 0 Å². The molecule has 0 aliphatic carbocycles. The summed E-state index contributed by atoms with van der Waals surface area (Å²) in [4.78, 5) is 23.2. The lowest BCUT2D eigenvalue weighted by Gasteiger charge is -2.26. The van der Waals surface area contributed by atoms with E-state index in [0.29, 0.717) is 19.6 Å². The maximum absolute atomic E-state index is 11.9. The van der Waals surface area contributed by atoms with Gasteiger partial charge in [0.05, 0.1) is 13.2 Å². The van der Waals surface area contributed by atoms with Gasteiger partial charge in [-0.3, -0.25) is 4.79 Å². The molecular weight excluding hydrogens is 224 g/mol. The summed E-state index contributed by atoms with van der Waals surface area (Å²) in [6.45, 7) is 4.62. The van der Waals surface area contributed by atoms with Crippen molar-refractivity contribution in [3.8, 4) is 0 Å². The SMILES string of the molecule is CC(C)C[C@@](N)(C(N)=O)C(=O)O[C@H]1CCOC1. The molecule has 6 nitrogen and oxygen atoms in total. The van der Waals surface area contributed by atoms with Crippen molar-refractivity contribution in [1.29, 1.82) is 0 Å². The van der Waals surface area contributed by atoms with Gasteiger partial charge in [0, 0.05) is 6.42 Å². The summed E-state index contributed by atoms with van der Waals surface area (Å²) in [7, 11) is 0. The van der Waals surface area contributed by atoms with Crippen molar-refractivity contribution in [1.82, 2.24) is 0 Å². The molecule has 4 N–H and O–H groups in total. The number of rotatable bonds is 5. The van der Waals surface area contributed by atoms with Crippen LogP contribution >= 0.6 is 0 Å². The molecule has 0 unspecified atom stereocenters. The molecule has 0 aromatic heterocycles. The summed E-state index contributed by atoms with van der Waals surface area (Å²) in [6, 6.07) is 0. The van der Waals surface area contributed by atoms with E-state index in [2.05, 4.69) is 0 Å². The van der Waals surface area contributed by atoms with Gasteiger partial charge in [-0.15, -0.1) is 0 Å². The molecule has 98 valence electrons. The molecule has 0 saturated carbocycles. The molecule has 17 heavy (non-hydrogen) atoms. The van der Waals surface area contributed by atoms with Gasteiger partial charge < -0.3 is 20.9 Å². The van der Waals surface area contributed by atoms with E-state index in [4.69, 9.17) is 20.9 Å². The maximum Gasteiger partial charge on any atom is 0.336 e. The third-order valence-electron chi connectivity index (χ3n) is 2.70.